The van der Waals surface area contributed by atoms with Crippen molar-refractivity contribution in [2.45, 2.75) is 50.8 Å². The average Bonchev–Trinajstić information content (AvgIpc) is 2.79. The highest BCUT2D eigenvalue weighted by atomic mass is 32.2. The second-order valence-electron chi connectivity index (χ2n) is 8.09. The van der Waals surface area contributed by atoms with E-state index in [2.05, 4.69) is 0 Å². The lowest BCUT2D eigenvalue weighted by Gasteiger charge is -2.30. The van der Waals surface area contributed by atoms with Crippen LogP contribution in [0.4, 0.5) is 0 Å². The fraction of sp³-hybridized carbons (Fsp3) is 0.636. The molecule has 2 aliphatic rings. The Bertz CT molecular complexity index is 887. The molecule has 0 bridgehead atoms. The van der Waals surface area contributed by atoms with Crippen molar-refractivity contribution < 1.29 is 27.5 Å². The lowest BCUT2D eigenvalue weighted by Crippen LogP contribution is -2.42. The molecule has 1 amide bonds. The molecule has 1 aromatic carbocycles. The van der Waals surface area contributed by atoms with Gasteiger partial charge in [-0.2, -0.15) is 4.31 Å². The van der Waals surface area contributed by atoms with Gasteiger partial charge in [0, 0.05) is 26.2 Å². The highest BCUT2D eigenvalue weighted by molar-refractivity contribution is 7.89. The summed E-state index contributed by atoms with van der Waals surface area (Å²) in [6, 6.07) is 4.77. The van der Waals surface area contributed by atoms with Crippen LogP contribution in [0.5, 0.6) is 5.75 Å². The zero-order valence-corrected chi connectivity index (χ0v) is 19.2. The van der Waals surface area contributed by atoms with Crippen LogP contribution in [0.1, 0.15) is 44.6 Å². The van der Waals surface area contributed by atoms with E-state index in [1.807, 2.05) is 0 Å². The number of aryl methyl sites for hydroxylation is 1. The maximum Gasteiger partial charge on any atom is 0.309 e. The molecule has 9 heteroatoms. The third-order valence-electron chi connectivity index (χ3n) is 5.92. The predicted molar refractivity (Wildman–Crippen MR) is 115 cm³/mol. The van der Waals surface area contributed by atoms with E-state index in [0.29, 0.717) is 56.9 Å². The molecule has 0 aromatic heterocycles. The Hall–Kier alpha value is -2.13. The highest BCUT2D eigenvalue weighted by Gasteiger charge is 2.29. The van der Waals surface area contributed by atoms with E-state index in [0.717, 1.165) is 19.3 Å². The number of ether oxygens (including phenoxy) is 2. The monoisotopic (exact) mass is 452 g/mol. The predicted octanol–water partition coefficient (Wildman–Crippen LogP) is 2.35. The van der Waals surface area contributed by atoms with Crippen molar-refractivity contribution >= 4 is 21.9 Å². The lowest BCUT2D eigenvalue weighted by molar-refractivity contribution is -0.151. The maximum atomic E-state index is 12.8. The first-order chi connectivity index (χ1) is 14.8. The van der Waals surface area contributed by atoms with Crippen LogP contribution >= 0.6 is 0 Å². The summed E-state index contributed by atoms with van der Waals surface area (Å²) in [5.41, 5.74) is 0.673. The van der Waals surface area contributed by atoms with Gasteiger partial charge in [-0.15, -0.1) is 0 Å². The largest absolute Gasteiger partial charge is 0.483 e. The Labute approximate surface area is 184 Å². The van der Waals surface area contributed by atoms with Crippen LogP contribution in [-0.2, 0) is 24.3 Å². The standard InChI is InChI=1S/C22H32N2O6S/c1-3-29-22(26)18-9-13-23(14-10-18)21(25)16-30-20-8-7-19(15-17(20)2)31(27,28)24-11-5-4-6-12-24/h7-8,15,18H,3-6,9-14,16H2,1-2H3. The molecule has 1 aromatic rings. The molecule has 3 rings (SSSR count). The summed E-state index contributed by atoms with van der Waals surface area (Å²) >= 11 is 0. The summed E-state index contributed by atoms with van der Waals surface area (Å²) in [5, 5.41) is 0. The van der Waals surface area contributed by atoms with Gasteiger partial charge in [-0.1, -0.05) is 6.42 Å². The van der Waals surface area contributed by atoms with Gasteiger partial charge < -0.3 is 14.4 Å². The van der Waals surface area contributed by atoms with Crippen molar-refractivity contribution in [2.24, 2.45) is 5.92 Å². The zero-order chi connectivity index (χ0) is 22.4. The van der Waals surface area contributed by atoms with Crippen LogP contribution in [0.15, 0.2) is 23.1 Å². The number of hydrogen-bond acceptors (Lipinski definition) is 6. The molecular formula is C22H32N2O6S. The number of nitrogens with zero attached hydrogens (tertiary/aromatic N) is 2. The summed E-state index contributed by atoms with van der Waals surface area (Å²) in [7, 11) is -3.50. The first-order valence-electron chi connectivity index (χ1n) is 11.0. The number of carbonyl (C=O) groups is 2. The third kappa shape index (κ3) is 5.77. The summed E-state index contributed by atoms with van der Waals surface area (Å²) in [4.78, 5) is 26.3. The molecular weight excluding hydrogens is 420 g/mol. The molecule has 0 atom stereocenters. The van der Waals surface area contributed by atoms with Gasteiger partial charge in [0.25, 0.3) is 5.91 Å². The SMILES string of the molecule is CCOC(=O)C1CCN(C(=O)COc2ccc(S(=O)(=O)N3CCCCC3)cc2C)CC1. The number of piperidine rings is 2. The van der Waals surface area contributed by atoms with Crippen LogP contribution < -0.4 is 4.74 Å². The minimum absolute atomic E-state index is 0.122. The summed E-state index contributed by atoms with van der Waals surface area (Å²) in [6.07, 6.45) is 4.02. The number of carbonyl (C=O) groups excluding carboxylic acids is 2. The van der Waals surface area contributed by atoms with Gasteiger partial charge in [0.1, 0.15) is 5.75 Å². The Kier molecular flexibility index (Phi) is 7.94. The van der Waals surface area contributed by atoms with E-state index in [1.165, 1.54) is 4.31 Å². The van der Waals surface area contributed by atoms with Crippen LogP contribution in [-0.4, -0.2) is 68.9 Å². The number of amides is 1. The fourth-order valence-corrected chi connectivity index (χ4v) is 5.66. The molecule has 172 valence electrons. The quantitative estimate of drug-likeness (QED) is 0.590. The summed E-state index contributed by atoms with van der Waals surface area (Å²) in [6.45, 7) is 5.91. The molecule has 2 fully saturated rings. The Balaban J connectivity index is 1.54. The first kappa shape index (κ1) is 23.5. The molecule has 0 N–H and O–H groups in total. The van der Waals surface area contributed by atoms with Crippen molar-refractivity contribution in [1.29, 1.82) is 0 Å². The van der Waals surface area contributed by atoms with Gasteiger partial charge in [-0.25, -0.2) is 8.42 Å². The Morgan fingerprint density at radius 1 is 1.06 bits per heavy atom. The minimum atomic E-state index is -3.50. The van der Waals surface area contributed by atoms with Gasteiger partial charge in [0.15, 0.2) is 6.61 Å². The molecule has 2 heterocycles. The number of likely N-dealkylation sites (tertiary alicyclic amines) is 1. The molecule has 0 aliphatic carbocycles. The normalized spacial score (nSPS) is 18.6. The third-order valence-corrected chi connectivity index (χ3v) is 7.81. The van der Waals surface area contributed by atoms with E-state index in [-0.39, 0.29) is 29.3 Å². The second-order valence-corrected chi connectivity index (χ2v) is 10.0. The number of benzene rings is 1. The van der Waals surface area contributed by atoms with E-state index in [4.69, 9.17) is 9.47 Å². The summed E-state index contributed by atoms with van der Waals surface area (Å²) in [5.74, 6) is 0.00158. The van der Waals surface area contributed by atoms with Crippen LogP contribution in [0, 0.1) is 12.8 Å². The lowest BCUT2D eigenvalue weighted by atomic mass is 9.97. The number of hydrogen-bond donors (Lipinski definition) is 0. The van der Waals surface area contributed by atoms with Crippen molar-refractivity contribution in [3.63, 3.8) is 0 Å². The number of esters is 1. The Morgan fingerprint density at radius 2 is 1.74 bits per heavy atom. The fourth-order valence-electron chi connectivity index (χ4n) is 4.05. The van der Waals surface area contributed by atoms with E-state index >= 15 is 0 Å². The van der Waals surface area contributed by atoms with Gasteiger partial charge in [-0.05, 0) is 63.3 Å². The maximum absolute atomic E-state index is 12.8. The smallest absolute Gasteiger partial charge is 0.309 e. The minimum Gasteiger partial charge on any atom is -0.483 e. The molecule has 31 heavy (non-hydrogen) atoms. The van der Waals surface area contributed by atoms with Crippen LogP contribution in [0.2, 0.25) is 0 Å². The first-order valence-corrected chi connectivity index (χ1v) is 12.4. The van der Waals surface area contributed by atoms with E-state index < -0.39 is 10.0 Å². The topological polar surface area (TPSA) is 93.2 Å². The molecule has 8 nitrogen and oxygen atoms in total. The van der Waals surface area contributed by atoms with Crippen molar-refractivity contribution in [3.05, 3.63) is 23.8 Å². The van der Waals surface area contributed by atoms with Crippen molar-refractivity contribution in [3.8, 4) is 5.75 Å². The number of rotatable bonds is 7. The Morgan fingerprint density at radius 3 is 2.35 bits per heavy atom. The van der Waals surface area contributed by atoms with Gasteiger partial charge in [0.2, 0.25) is 10.0 Å². The van der Waals surface area contributed by atoms with E-state index in [9.17, 15) is 18.0 Å². The molecule has 2 saturated heterocycles. The molecule has 0 spiro atoms. The van der Waals surface area contributed by atoms with Crippen molar-refractivity contribution in [2.75, 3.05) is 39.4 Å². The summed E-state index contributed by atoms with van der Waals surface area (Å²) < 4.78 is 37.9. The second kappa shape index (κ2) is 10.5. The van der Waals surface area contributed by atoms with Crippen molar-refractivity contribution in [1.82, 2.24) is 9.21 Å². The zero-order valence-electron chi connectivity index (χ0n) is 18.3. The molecule has 0 saturated carbocycles. The van der Waals surface area contributed by atoms with Gasteiger partial charge >= 0.3 is 5.97 Å². The molecule has 0 radical (unpaired) electrons. The van der Waals surface area contributed by atoms with Gasteiger partial charge in [0.05, 0.1) is 17.4 Å². The van der Waals surface area contributed by atoms with Gasteiger partial charge in [-0.3, -0.25) is 9.59 Å². The van der Waals surface area contributed by atoms with Crippen LogP contribution in [0.3, 0.4) is 0 Å². The van der Waals surface area contributed by atoms with E-state index in [1.54, 1.807) is 36.9 Å². The molecule has 2 aliphatic heterocycles. The number of sulfonamides is 1. The highest BCUT2D eigenvalue weighted by Crippen LogP contribution is 2.26. The molecule has 0 unspecified atom stereocenters. The van der Waals surface area contributed by atoms with Crippen LogP contribution in [0.25, 0.3) is 0 Å². The average molecular weight is 453 g/mol.